The number of benzene rings is 2. The van der Waals surface area contributed by atoms with Crippen molar-refractivity contribution in [2.75, 3.05) is 0 Å². The number of thioether (sulfide) groups is 1. The van der Waals surface area contributed by atoms with Crippen LogP contribution in [0.4, 0.5) is 0 Å². The standard InChI is InChI=1S/C30H37N3O4S/c1-18-15-19(2)23-13-14-30(3,37-24(23)16-18)28(36-27(34)21-7-5-4-6-8-21)35-22-11-9-20(10-12-22)17-25-26(31)33-29(32)38-25/h9-12,15-16,21,25,28H,4-8,13-14,17H2,1-3H3,(H3,31,32,33). The van der Waals surface area contributed by atoms with Gasteiger partial charge in [-0.05, 0) is 93.3 Å². The van der Waals surface area contributed by atoms with Crippen LogP contribution in [0.15, 0.2) is 36.4 Å². The Bertz CT molecular complexity index is 1220. The van der Waals surface area contributed by atoms with E-state index in [0.717, 1.165) is 49.0 Å². The molecule has 0 aromatic heterocycles. The first-order chi connectivity index (χ1) is 18.2. The van der Waals surface area contributed by atoms with Gasteiger partial charge in [0, 0.05) is 0 Å². The number of esters is 1. The second-order valence-electron chi connectivity index (χ2n) is 11.0. The molecule has 2 heterocycles. The Balaban J connectivity index is 1.35. The van der Waals surface area contributed by atoms with Gasteiger partial charge in [0.2, 0.25) is 0 Å². The number of carbonyl (C=O) groups is 1. The van der Waals surface area contributed by atoms with E-state index in [2.05, 4.69) is 31.3 Å². The van der Waals surface area contributed by atoms with Gasteiger partial charge in [-0.25, -0.2) is 0 Å². The molecule has 202 valence electrons. The third-order valence-electron chi connectivity index (χ3n) is 7.87. The Morgan fingerprint density at radius 1 is 1.16 bits per heavy atom. The van der Waals surface area contributed by atoms with Crippen molar-refractivity contribution in [1.29, 1.82) is 10.8 Å². The minimum atomic E-state index is -0.889. The number of amidine groups is 2. The molecule has 0 bridgehead atoms. The molecule has 7 nitrogen and oxygen atoms in total. The highest BCUT2D eigenvalue weighted by molar-refractivity contribution is 8.15. The summed E-state index contributed by atoms with van der Waals surface area (Å²) in [7, 11) is 0. The molecule has 2 aliphatic heterocycles. The highest BCUT2D eigenvalue weighted by Gasteiger charge is 2.45. The largest absolute Gasteiger partial charge is 0.479 e. The molecule has 0 spiro atoms. The van der Waals surface area contributed by atoms with Gasteiger partial charge in [-0.2, -0.15) is 0 Å². The molecule has 5 rings (SSSR count). The molecule has 3 unspecified atom stereocenters. The number of carbonyl (C=O) groups excluding carboxylic acids is 1. The first-order valence-electron chi connectivity index (χ1n) is 13.6. The normalized spacial score (nSPS) is 24.2. The summed E-state index contributed by atoms with van der Waals surface area (Å²) in [5.41, 5.74) is 3.77. The fraction of sp³-hybridized carbons (Fsp3) is 0.500. The highest BCUT2D eigenvalue weighted by atomic mass is 32.2. The molecule has 3 aliphatic rings. The average molecular weight is 536 g/mol. The predicted octanol–water partition coefficient (Wildman–Crippen LogP) is 6.08. The maximum atomic E-state index is 13.2. The van der Waals surface area contributed by atoms with Crippen LogP contribution >= 0.6 is 11.8 Å². The Morgan fingerprint density at radius 2 is 1.89 bits per heavy atom. The molecular weight excluding hydrogens is 498 g/mol. The molecule has 1 saturated heterocycles. The van der Waals surface area contributed by atoms with Crippen molar-refractivity contribution in [2.45, 2.75) is 89.3 Å². The zero-order valence-corrected chi connectivity index (χ0v) is 23.2. The molecule has 2 aromatic carbocycles. The minimum Gasteiger partial charge on any atom is -0.479 e. The third-order valence-corrected chi connectivity index (χ3v) is 8.89. The Kier molecular flexibility index (Phi) is 7.70. The summed E-state index contributed by atoms with van der Waals surface area (Å²) >= 11 is 1.36. The van der Waals surface area contributed by atoms with Crippen molar-refractivity contribution in [3.63, 3.8) is 0 Å². The van der Waals surface area contributed by atoms with E-state index < -0.39 is 11.9 Å². The van der Waals surface area contributed by atoms with Crippen LogP contribution in [0, 0.1) is 30.6 Å². The molecule has 1 aliphatic carbocycles. The Morgan fingerprint density at radius 3 is 2.58 bits per heavy atom. The second kappa shape index (κ2) is 11.0. The molecule has 3 atom stereocenters. The van der Waals surface area contributed by atoms with E-state index in [1.54, 1.807) is 0 Å². The van der Waals surface area contributed by atoms with E-state index in [1.807, 2.05) is 31.2 Å². The molecule has 2 aromatic rings. The van der Waals surface area contributed by atoms with Crippen LogP contribution in [0.1, 0.15) is 67.7 Å². The molecule has 3 N–H and O–H groups in total. The van der Waals surface area contributed by atoms with Gasteiger partial charge in [-0.3, -0.25) is 15.6 Å². The van der Waals surface area contributed by atoms with Crippen molar-refractivity contribution in [3.05, 3.63) is 58.7 Å². The highest BCUT2D eigenvalue weighted by Crippen LogP contribution is 2.39. The van der Waals surface area contributed by atoms with E-state index in [9.17, 15) is 4.79 Å². The summed E-state index contributed by atoms with van der Waals surface area (Å²) in [6.07, 6.45) is 6.25. The molecule has 0 amide bonds. The topological polar surface area (TPSA) is 104 Å². The monoisotopic (exact) mass is 535 g/mol. The lowest BCUT2D eigenvalue weighted by molar-refractivity contribution is -0.203. The Labute approximate surface area is 229 Å². The number of fused-ring (bicyclic) bond motifs is 1. The van der Waals surface area contributed by atoms with Gasteiger partial charge >= 0.3 is 5.97 Å². The van der Waals surface area contributed by atoms with Crippen LogP contribution in [0.5, 0.6) is 11.5 Å². The summed E-state index contributed by atoms with van der Waals surface area (Å²) in [5.74, 6) is 1.51. The number of ether oxygens (including phenoxy) is 3. The average Bonchev–Trinajstić information content (AvgIpc) is 3.20. The van der Waals surface area contributed by atoms with Crippen molar-refractivity contribution in [3.8, 4) is 11.5 Å². The summed E-state index contributed by atoms with van der Waals surface area (Å²) in [6, 6.07) is 11.9. The first kappa shape index (κ1) is 26.6. The minimum absolute atomic E-state index is 0.0833. The van der Waals surface area contributed by atoms with Crippen LogP contribution in [0.25, 0.3) is 0 Å². The van der Waals surface area contributed by atoms with Gasteiger partial charge in [0.15, 0.2) is 10.8 Å². The number of rotatable bonds is 7. The lowest BCUT2D eigenvalue weighted by Crippen LogP contribution is -2.53. The van der Waals surface area contributed by atoms with Gasteiger partial charge in [0.1, 0.15) is 17.3 Å². The molecule has 1 saturated carbocycles. The van der Waals surface area contributed by atoms with Gasteiger partial charge in [-0.1, -0.05) is 49.2 Å². The van der Waals surface area contributed by atoms with E-state index in [1.165, 1.54) is 29.3 Å². The summed E-state index contributed by atoms with van der Waals surface area (Å²) < 4.78 is 19.1. The van der Waals surface area contributed by atoms with Crippen molar-refractivity contribution < 1.29 is 19.0 Å². The second-order valence-corrected chi connectivity index (χ2v) is 12.2. The zero-order valence-electron chi connectivity index (χ0n) is 22.4. The maximum absolute atomic E-state index is 13.2. The molecule has 2 fully saturated rings. The van der Waals surface area contributed by atoms with Gasteiger partial charge < -0.3 is 19.5 Å². The molecule has 38 heavy (non-hydrogen) atoms. The molecule has 0 radical (unpaired) electrons. The molecule has 8 heteroatoms. The van der Waals surface area contributed by atoms with Crippen LogP contribution in [0.3, 0.4) is 0 Å². The van der Waals surface area contributed by atoms with Crippen LogP contribution in [-0.2, 0) is 22.4 Å². The zero-order chi connectivity index (χ0) is 26.9. The maximum Gasteiger partial charge on any atom is 0.312 e. The summed E-state index contributed by atoms with van der Waals surface area (Å²) in [4.78, 5) is 13.2. The van der Waals surface area contributed by atoms with E-state index in [4.69, 9.17) is 25.0 Å². The van der Waals surface area contributed by atoms with E-state index in [0.29, 0.717) is 29.6 Å². The number of nitrogens with one attached hydrogen (secondary N) is 3. The smallest absolute Gasteiger partial charge is 0.312 e. The number of hydrogen-bond donors (Lipinski definition) is 3. The number of aryl methyl sites for hydroxylation is 2. The third kappa shape index (κ3) is 5.85. The quantitative estimate of drug-likeness (QED) is 0.293. The van der Waals surface area contributed by atoms with Crippen molar-refractivity contribution in [1.82, 2.24) is 5.32 Å². The van der Waals surface area contributed by atoms with E-state index >= 15 is 0 Å². The van der Waals surface area contributed by atoms with Gasteiger partial charge in [0.25, 0.3) is 6.29 Å². The lowest BCUT2D eigenvalue weighted by atomic mass is 9.88. The van der Waals surface area contributed by atoms with Crippen LogP contribution in [-0.4, -0.2) is 34.1 Å². The van der Waals surface area contributed by atoms with Crippen LogP contribution in [0.2, 0.25) is 0 Å². The summed E-state index contributed by atoms with van der Waals surface area (Å²) in [6.45, 7) is 6.15. The first-order valence-corrected chi connectivity index (χ1v) is 14.4. The van der Waals surface area contributed by atoms with Gasteiger partial charge in [-0.15, -0.1) is 0 Å². The fourth-order valence-corrected chi connectivity index (χ4v) is 6.55. The Hall–Kier alpha value is -3.00. The van der Waals surface area contributed by atoms with Crippen molar-refractivity contribution >= 4 is 28.7 Å². The van der Waals surface area contributed by atoms with Gasteiger partial charge in [0.05, 0.1) is 11.2 Å². The fourth-order valence-electron chi connectivity index (χ4n) is 5.64. The SMILES string of the molecule is Cc1cc(C)c2c(c1)OC(C)(C(OC(=O)C1CCCCC1)Oc1ccc(CC3SC(=N)NC3=N)cc1)CC2. The van der Waals surface area contributed by atoms with E-state index in [-0.39, 0.29) is 17.1 Å². The predicted molar refractivity (Wildman–Crippen MR) is 150 cm³/mol. The summed E-state index contributed by atoms with van der Waals surface area (Å²) in [5, 5.41) is 18.8. The van der Waals surface area contributed by atoms with Crippen molar-refractivity contribution in [2.24, 2.45) is 5.92 Å². The lowest BCUT2D eigenvalue weighted by Gasteiger charge is -2.41. The molecular formula is C30H37N3O4S. The van der Waals surface area contributed by atoms with Crippen LogP contribution < -0.4 is 14.8 Å². The number of hydrogen-bond acceptors (Lipinski definition) is 7.